The maximum absolute atomic E-state index is 12.7. The summed E-state index contributed by atoms with van der Waals surface area (Å²) in [5, 5.41) is 0. The normalized spacial score (nSPS) is 10.0. The second kappa shape index (κ2) is 4.74. The monoisotopic (exact) mass is 233 g/mol. The highest BCUT2D eigenvalue weighted by Crippen LogP contribution is 2.29. The van der Waals surface area contributed by atoms with Crippen molar-refractivity contribution in [2.24, 2.45) is 0 Å². The van der Waals surface area contributed by atoms with Gasteiger partial charge in [0.2, 0.25) is 0 Å². The molecule has 0 aliphatic heterocycles. The number of anilines is 1. The van der Waals surface area contributed by atoms with Gasteiger partial charge in [0.25, 0.3) is 0 Å². The molecular weight excluding hydrogens is 221 g/mol. The van der Waals surface area contributed by atoms with Crippen LogP contribution in [0, 0.1) is 5.82 Å². The molecule has 0 bridgehead atoms. The Labute approximate surface area is 98.6 Å². The molecule has 0 saturated heterocycles. The van der Waals surface area contributed by atoms with Crippen LogP contribution in [0.3, 0.4) is 0 Å². The van der Waals surface area contributed by atoms with E-state index in [1.54, 1.807) is 30.3 Å². The molecule has 0 aromatic heterocycles. The molecule has 0 fully saturated rings. The minimum absolute atomic E-state index is 0.299. The van der Waals surface area contributed by atoms with E-state index in [2.05, 4.69) is 0 Å². The fourth-order valence-electron chi connectivity index (χ4n) is 1.39. The maximum atomic E-state index is 12.7. The van der Waals surface area contributed by atoms with E-state index < -0.39 is 0 Å². The quantitative estimate of drug-likeness (QED) is 0.828. The summed E-state index contributed by atoms with van der Waals surface area (Å²) in [5.41, 5.74) is 6.22. The summed E-state index contributed by atoms with van der Waals surface area (Å²) >= 11 is 0. The van der Waals surface area contributed by atoms with Gasteiger partial charge in [-0.3, -0.25) is 0 Å². The minimum Gasteiger partial charge on any atom is -0.494 e. The lowest BCUT2D eigenvalue weighted by Crippen LogP contribution is -1.93. The second-order valence-electron chi connectivity index (χ2n) is 3.46. The fraction of sp³-hybridized carbons (Fsp3) is 0.0769. The Balaban J connectivity index is 2.21. The van der Waals surface area contributed by atoms with Crippen LogP contribution >= 0.6 is 0 Å². The third-order valence-corrected chi connectivity index (χ3v) is 2.25. The van der Waals surface area contributed by atoms with E-state index in [1.807, 2.05) is 0 Å². The lowest BCUT2D eigenvalue weighted by atomic mass is 10.3. The summed E-state index contributed by atoms with van der Waals surface area (Å²) in [6.45, 7) is 0. The molecule has 0 amide bonds. The zero-order valence-corrected chi connectivity index (χ0v) is 9.31. The molecule has 0 spiro atoms. The van der Waals surface area contributed by atoms with E-state index in [4.69, 9.17) is 15.2 Å². The van der Waals surface area contributed by atoms with Crippen LogP contribution in [-0.4, -0.2) is 7.11 Å². The number of nitrogen functional groups attached to an aromatic ring is 1. The van der Waals surface area contributed by atoms with Crippen LogP contribution in [0.15, 0.2) is 42.5 Å². The Bertz CT molecular complexity index is 511. The molecular formula is C13H12FNO2. The van der Waals surface area contributed by atoms with E-state index in [1.165, 1.54) is 19.2 Å². The Hall–Kier alpha value is -2.23. The third-order valence-electron chi connectivity index (χ3n) is 2.25. The molecule has 0 aliphatic rings. The van der Waals surface area contributed by atoms with Crippen molar-refractivity contribution >= 4 is 5.69 Å². The SMILES string of the molecule is COc1cc(Oc2ccc(F)cc2)ccc1N. The van der Waals surface area contributed by atoms with Gasteiger partial charge in [-0.05, 0) is 36.4 Å². The molecule has 0 radical (unpaired) electrons. The molecule has 0 unspecified atom stereocenters. The van der Waals surface area contributed by atoms with Gasteiger partial charge in [-0.2, -0.15) is 0 Å². The average Bonchev–Trinajstić information content (AvgIpc) is 2.34. The summed E-state index contributed by atoms with van der Waals surface area (Å²) in [5.74, 6) is 1.39. The van der Waals surface area contributed by atoms with Crippen LogP contribution in [0.5, 0.6) is 17.2 Å². The number of hydrogen-bond acceptors (Lipinski definition) is 3. The number of nitrogens with two attached hydrogens (primary N) is 1. The van der Waals surface area contributed by atoms with Crippen molar-refractivity contribution in [3.63, 3.8) is 0 Å². The third kappa shape index (κ3) is 2.66. The largest absolute Gasteiger partial charge is 0.494 e. The summed E-state index contributed by atoms with van der Waals surface area (Å²) < 4.78 is 23.3. The molecule has 17 heavy (non-hydrogen) atoms. The molecule has 4 heteroatoms. The number of halogens is 1. The van der Waals surface area contributed by atoms with Gasteiger partial charge in [-0.15, -0.1) is 0 Å². The molecule has 0 atom stereocenters. The van der Waals surface area contributed by atoms with Crippen molar-refractivity contribution < 1.29 is 13.9 Å². The predicted molar refractivity (Wildman–Crippen MR) is 63.9 cm³/mol. The van der Waals surface area contributed by atoms with Gasteiger partial charge in [0.1, 0.15) is 23.1 Å². The Morgan fingerprint density at radius 1 is 1.00 bits per heavy atom. The lowest BCUT2D eigenvalue weighted by molar-refractivity contribution is 0.411. The smallest absolute Gasteiger partial charge is 0.145 e. The van der Waals surface area contributed by atoms with E-state index >= 15 is 0 Å². The van der Waals surface area contributed by atoms with Gasteiger partial charge >= 0.3 is 0 Å². The Kier molecular flexibility index (Phi) is 3.14. The fourth-order valence-corrected chi connectivity index (χ4v) is 1.39. The molecule has 0 saturated carbocycles. The first-order valence-corrected chi connectivity index (χ1v) is 5.06. The van der Waals surface area contributed by atoms with Gasteiger partial charge < -0.3 is 15.2 Å². The summed E-state index contributed by atoms with van der Waals surface area (Å²) in [4.78, 5) is 0. The number of ether oxygens (including phenoxy) is 2. The van der Waals surface area contributed by atoms with Crippen LogP contribution in [0.25, 0.3) is 0 Å². The van der Waals surface area contributed by atoms with Crippen LogP contribution < -0.4 is 15.2 Å². The summed E-state index contributed by atoms with van der Waals surface area (Å²) in [6.07, 6.45) is 0. The van der Waals surface area contributed by atoms with Crippen molar-refractivity contribution in [3.8, 4) is 17.2 Å². The van der Waals surface area contributed by atoms with Crippen LogP contribution in [0.2, 0.25) is 0 Å². The topological polar surface area (TPSA) is 44.5 Å². The summed E-state index contributed by atoms with van der Waals surface area (Å²) in [6, 6.07) is 10.9. The van der Waals surface area contributed by atoms with Gasteiger partial charge in [-0.1, -0.05) is 0 Å². The first kappa shape index (κ1) is 11.3. The van der Waals surface area contributed by atoms with Crippen LogP contribution in [0.1, 0.15) is 0 Å². The molecule has 2 aromatic rings. The number of methoxy groups -OCH3 is 1. The molecule has 88 valence electrons. The Morgan fingerprint density at radius 2 is 1.65 bits per heavy atom. The molecule has 3 nitrogen and oxygen atoms in total. The zero-order valence-electron chi connectivity index (χ0n) is 9.31. The first-order chi connectivity index (χ1) is 8.19. The predicted octanol–water partition coefficient (Wildman–Crippen LogP) is 3.21. The van der Waals surface area contributed by atoms with E-state index in [-0.39, 0.29) is 5.82 Å². The van der Waals surface area contributed by atoms with Gasteiger partial charge in [0, 0.05) is 6.07 Å². The van der Waals surface area contributed by atoms with Crippen molar-refractivity contribution in [2.75, 3.05) is 12.8 Å². The highest BCUT2D eigenvalue weighted by molar-refractivity contribution is 5.56. The average molecular weight is 233 g/mol. The van der Waals surface area contributed by atoms with Crippen molar-refractivity contribution in [1.29, 1.82) is 0 Å². The van der Waals surface area contributed by atoms with E-state index in [9.17, 15) is 4.39 Å². The summed E-state index contributed by atoms with van der Waals surface area (Å²) in [7, 11) is 1.54. The van der Waals surface area contributed by atoms with Crippen LogP contribution in [0.4, 0.5) is 10.1 Å². The molecule has 2 aromatic carbocycles. The number of hydrogen-bond donors (Lipinski definition) is 1. The van der Waals surface area contributed by atoms with E-state index in [0.29, 0.717) is 22.9 Å². The standard InChI is InChI=1S/C13H12FNO2/c1-16-13-8-11(6-7-12(13)15)17-10-4-2-9(14)3-5-10/h2-8H,15H2,1H3. The highest BCUT2D eigenvalue weighted by atomic mass is 19.1. The number of benzene rings is 2. The van der Waals surface area contributed by atoms with Crippen molar-refractivity contribution in [1.82, 2.24) is 0 Å². The first-order valence-electron chi connectivity index (χ1n) is 5.06. The van der Waals surface area contributed by atoms with E-state index in [0.717, 1.165) is 0 Å². The molecule has 0 heterocycles. The van der Waals surface area contributed by atoms with Crippen molar-refractivity contribution in [2.45, 2.75) is 0 Å². The van der Waals surface area contributed by atoms with Gasteiger partial charge in [-0.25, -0.2) is 4.39 Å². The maximum Gasteiger partial charge on any atom is 0.145 e. The van der Waals surface area contributed by atoms with Crippen LogP contribution in [-0.2, 0) is 0 Å². The van der Waals surface area contributed by atoms with Gasteiger partial charge in [0.15, 0.2) is 0 Å². The number of rotatable bonds is 3. The second-order valence-corrected chi connectivity index (χ2v) is 3.46. The molecule has 2 rings (SSSR count). The highest BCUT2D eigenvalue weighted by Gasteiger charge is 2.03. The van der Waals surface area contributed by atoms with Crippen molar-refractivity contribution in [3.05, 3.63) is 48.3 Å². The molecule has 0 aliphatic carbocycles. The Morgan fingerprint density at radius 3 is 2.29 bits per heavy atom. The zero-order chi connectivity index (χ0) is 12.3. The lowest BCUT2D eigenvalue weighted by Gasteiger charge is -2.09. The van der Waals surface area contributed by atoms with Gasteiger partial charge in [0.05, 0.1) is 12.8 Å². The minimum atomic E-state index is -0.299. The molecule has 2 N–H and O–H groups in total.